The van der Waals surface area contributed by atoms with Crippen LogP contribution in [0.5, 0.6) is 5.75 Å². The van der Waals surface area contributed by atoms with Crippen LogP contribution in [0.4, 0.5) is 5.69 Å². The summed E-state index contributed by atoms with van der Waals surface area (Å²) in [6.07, 6.45) is 2.21. The van der Waals surface area contributed by atoms with Crippen LogP contribution < -0.4 is 10.1 Å². The lowest BCUT2D eigenvalue weighted by molar-refractivity contribution is -0.146. The molecule has 0 saturated heterocycles. The molecule has 6 heteroatoms. The highest BCUT2D eigenvalue weighted by atomic mass is 16.5. The van der Waals surface area contributed by atoms with Gasteiger partial charge in [-0.1, -0.05) is 42.5 Å². The first kappa shape index (κ1) is 24.6. The number of carbonyl (C=O) groups excluding carboxylic acids is 1. The number of anilines is 1. The smallest absolute Gasteiger partial charge is 0.303 e. The van der Waals surface area contributed by atoms with Gasteiger partial charge in [0.25, 0.3) is 0 Å². The molecule has 6 nitrogen and oxygen atoms in total. The molecule has 1 N–H and O–H groups in total. The number of benzene rings is 3. The molecule has 1 heterocycles. The van der Waals surface area contributed by atoms with Gasteiger partial charge in [-0.25, -0.2) is 4.98 Å². The van der Waals surface area contributed by atoms with E-state index in [9.17, 15) is 4.79 Å². The molecule has 0 saturated carbocycles. The number of aromatic nitrogens is 1. The molecule has 0 fully saturated rings. The number of nitrogens with one attached hydrogen (secondary N) is 1. The van der Waals surface area contributed by atoms with Crippen molar-refractivity contribution in [3.63, 3.8) is 0 Å². The van der Waals surface area contributed by atoms with Crippen molar-refractivity contribution in [2.75, 3.05) is 11.9 Å². The second-order valence-electron chi connectivity index (χ2n) is 9.49. The molecule has 1 aliphatic carbocycles. The summed E-state index contributed by atoms with van der Waals surface area (Å²) in [5.41, 5.74) is 7.56. The molecule has 3 aromatic carbocycles. The largest absolute Gasteiger partial charge is 0.493 e. The van der Waals surface area contributed by atoms with Crippen molar-refractivity contribution >= 4 is 11.7 Å². The molecule has 0 spiro atoms. The molecule has 0 bridgehead atoms. The van der Waals surface area contributed by atoms with Crippen LogP contribution in [-0.2, 0) is 28.9 Å². The summed E-state index contributed by atoms with van der Waals surface area (Å²) >= 11 is 0. The summed E-state index contributed by atoms with van der Waals surface area (Å²) in [6, 6.07) is 22.6. The third-order valence-electron chi connectivity index (χ3n) is 6.76. The van der Waals surface area contributed by atoms with Gasteiger partial charge < -0.3 is 19.2 Å². The summed E-state index contributed by atoms with van der Waals surface area (Å²) in [4.78, 5) is 16.1. The first-order chi connectivity index (χ1) is 18.0. The topological polar surface area (TPSA) is 73.6 Å². The Morgan fingerprint density at radius 2 is 1.92 bits per heavy atom. The number of hydrogen-bond acceptors (Lipinski definition) is 6. The van der Waals surface area contributed by atoms with E-state index in [1.54, 1.807) is 0 Å². The Morgan fingerprint density at radius 3 is 2.73 bits per heavy atom. The average molecular weight is 497 g/mol. The molecule has 1 aliphatic rings. The van der Waals surface area contributed by atoms with Crippen molar-refractivity contribution in [2.24, 2.45) is 0 Å². The highest BCUT2D eigenvalue weighted by molar-refractivity contribution is 5.66. The van der Waals surface area contributed by atoms with Crippen LogP contribution in [0.2, 0.25) is 0 Å². The van der Waals surface area contributed by atoms with E-state index >= 15 is 0 Å². The number of esters is 1. The van der Waals surface area contributed by atoms with Crippen molar-refractivity contribution in [3.05, 3.63) is 100 Å². The third-order valence-corrected chi connectivity index (χ3v) is 6.76. The number of hydrogen-bond donors (Lipinski definition) is 1. The monoisotopic (exact) mass is 496 g/mol. The van der Waals surface area contributed by atoms with Crippen LogP contribution in [0.1, 0.15) is 53.2 Å². The molecule has 37 heavy (non-hydrogen) atoms. The predicted molar refractivity (Wildman–Crippen MR) is 144 cm³/mol. The number of carbonyl (C=O) groups is 1. The summed E-state index contributed by atoms with van der Waals surface area (Å²) in [5.74, 6) is 1.99. The van der Waals surface area contributed by atoms with Crippen LogP contribution >= 0.6 is 0 Å². The van der Waals surface area contributed by atoms with E-state index in [1.807, 2.05) is 43.3 Å². The van der Waals surface area contributed by atoms with Gasteiger partial charge in [0.05, 0.1) is 12.3 Å². The molecule has 1 aromatic heterocycles. The van der Waals surface area contributed by atoms with Gasteiger partial charge in [0.15, 0.2) is 0 Å². The Labute approximate surface area is 217 Å². The average Bonchev–Trinajstić information content (AvgIpc) is 3.46. The molecule has 0 aliphatic heterocycles. The van der Waals surface area contributed by atoms with Gasteiger partial charge in [0.2, 0.25) is 5.89 Å². The minimum Gasteiger partial charge on any atom is -0.493 e. The quantitative estimate of drug-likeness (QED) is 0.259. The van der Waals surface area contributed by atoms with Gasteiger partial charge >= 0.3 is 5.97 Å². The van der Waals surface area contributed by atoms with Gasteiger partial charge in [-0.3, -0.25) is 4.79 Å². The number of nitrogens with zero attached hydrogens (tertiary/aromatic N) is 1. The summed E-state index contributed by atoms with van der Waals surface area (Å²) in [7, 11) is 0. The fourth-order valence-corrected chi connectivity index (χ4v) is 4.75. The Kier molecular flexibility index (Phi) is 7.26. The first-order valence-electron chi connectivity index (χ1n) is 12.7. The van der Waals surface area contributed by atoms with E-state index in [-0.39, 0.29) is 12.1 Å². The summed E-state index contributed by atoms with van der Waals surface area (Å²) in [5, 5.41) is 3.53. The Morgan fingerprint density at radius 1 is 1.08 bits per heavy atom. The Hall–Kier alpha value is -4.06. The predicted octanol–water partition coefficient (Wildman–Crippen LogP) is 6.74. The van der Waals surface area contributed by atoms with Gasteiger partial charge in [-0.2, -0.15) is 0 Å². The Balaban J connectivity index is 1.21. The number of ether oxygens (including phenoxy) is 2. The van der Waals surface area contributed by atoms with Gasteiger partial charge in [0, 0.05) is 31.1 Å². The molecule has 190 valence electrons. The zero-order valence-electron chi connectivity index (χ0n) is 21.5. The van der Waals surface area contributed by atoms with Crippen molar-refractivity contribution in [3.8, 4) is 17.2 Å². The fourth-order valence-electron chi connectivity index (χ4n) is 4.75. The highest BCUT2D eigenvalue weighted by Crippen LogP contribution is 2.36. The van der Waals surface area contributed by atoms with Crippen LogP contribution in [0.25, 0.3) is 11.5 Å². The van der Waals surface area contributed by atoms with Crippen LogP contribution in [0, 0.1) is 13.8 Å². The van der Waals surface area contributed by atoms with Crippen molar-refractivity contribution < 1.29 is 18.7 Å². The number of rotatable bonds is 9. The lowest BCUT2D eigenvalue weighted by Crippen LogP contribution is -2.05. The Bertz CT molecular complexity index is 1390. The van der Waals surface area contributed by atoms with E-state index in [0.717, 1.165) is 53.4 Å². The SMILES string of the molecule is CC(=O)O[C@H]1CCc2cc(OCCc3nc(-c4ccc(C)c(NCc5ccccc5)c4)oc3C)ccc21. The van der Waals surface area contributed by atoms with Crippen molar-refractivity contribution in [2.45, 2.75) is 52.7 Å². The van der Waals surface area contributed by atoms with Crippen LogP contribution in [0.15, 0.2) is 71.1 Å². The van der Waals surface area contributed by atoms with Crippen LogP contribution in [0.3, 0.4) is 0 Å². The second-order valence-corrected chi connectivity index (χ2v) is 9.49. The molecular weight excluding hydrogens is 464 g/mol. The molecule has 5 rings (SSSR count). The van der Waals surface area contributed by atoms with Gasteiger partial charge in [-0.15, -0.1) is 0 Å². The highest BCUT2D eigenvalue weighted by Gasteiger charge is 2.25. The lowest BCUT2D eigenvalue weighted by Gasteiger charge is -2.12. The first-order valence-corrected chi connectivity index (χ1v) is 12.7. The fraction of sp³-hybridized carbons (Fsp3) is 0.290. The van der Waals surface area contributed by atoms with E-state index in [1.165, 1.54) is 23.6 Å². The van der Waals surface area contributed by atoms with E-state index in [2.05, 4.69) is 42.6 Å². The molecule has 0 radical (unpaired) electrons. The van der Waals surface area contributed by atoms with Crippen molar-refractivity contribution in [1.29, 1.82) is 0 Å². The maximum absolute atomic E-state index is 11.3. The number of fused-ring (bicyclic) bond motifs is 1. The van der Waals surface area contributed by atoms with Gasteiger partial charge in [-0.05, 0) is 73.2 Å². The molecule has 4 aromatic rings. The second kappa shape index (κ2) is 10.9. The third kappa shape index (κ3) is 5.85. The maximum Gasteiger partial charge on any atom is 0.303 e. The molecule has 0 unspecified atom stereocenters. The maximum atomic E-state index is 11.3. The number of aryl methyl sites for hydroxylation is 3. The lowest BCUT2D eigenvalue weighted by atomic mass is 10.1. The minimum atomic E-state index is -0.245. The zero-order chi connectivity index (χ0) is 25.8. The summed E-state index contributed by atoms with van der Waals surface area (Å²) in [6.45, 7) is 6.74. The zero-order valence-corrected chi connectivity index (χ0v) is 21.5. The standard InChI is InChI=1S/C31H32N2O4/c1-20-9-10-25(18-29(20)32-19-23-7-5-4-6-8-23)31-33-28(21(2)36-31)15-16-35-26-12-13-27-24(17-26)11-14-30(27)37-22(3)34/h4-10,12-13,17-18,30,32H,11,14-16,19H2,1-3H3/t30-/m0/s1. The van der Waals surface area contributed by atoms with E-state index in [4.69, 9.17) is 18.9 Å². The number of oxazole rings is 1. The molecular formula is C31H32N2O4. The molecule has 1 atom stereocenters. The van der Waals surface area contributed by atoms with E-state index in [0.29, 0.717) is 18.9 Å². The van der Waals surface area contributed by atoms with Crippen LogP contribution in [-0.4, -0.2) is 17.6 Å². The minimum absolute atomic E-state index is 0.145. The molecule has 0 amide bonds. The van der Waals surface area contributed by atoms with Crippen molar-refractivity contribution in [1.82, 2.24) is 4.98 Å². The van der Waals surface area contributed by atoms with E-state index < -0.39 is 0 Å². The normalized spacial score (nSPS) is 14.3. The summed E-state index contributed by atoms with van der Waals surface area (Å²) < 4.78 is 17.5. The van der Waals surface area contributed by atoms with Gasteiger partial charge in [0.1, 0.15) is 17.6 Å².